The molecule has 1 aliphatic heterocycles. The zero-order valence-corrected chi connectivity index (χ0v) is 24.1. The topological polar surface area (TPSA) is 86.7 Å². The number of aryl methyl sites for hydroxylation is 1. The quantitative estimate of drug-likeness (QED) is 0.166. The Morgan fingerprint density at radius 3 is 2.64 bits per heavy atom. The molecule has 0 amide bonds. The largest absolute Gasteiger partial charge is 0.468 e. The van der Waals surface area contributed by atoms with E-state index in [1.165, 1.54) is 19.3 Å². The zero-order chi connectivity index (χ0) is 28.8. The van der Waals surface area contributed by atoms with Crippen molar-refractivity contribution in [3.63, 3.8) is 0 Å². The lowest BCUT2D eigenvalue weighted by molar-refractivity contribution is -0.113. The summed E-state index contributed by atoms with van der Waals surface area (Å²) in [5.74, 6) is 1.89. The number of aldehydes is 1. The molecule has 2 unspecified atom stereocenters. The van der Waals surface area contributed by atoms with Crippen LogP contribution in [-0.2, 0) is 16.0 Å². The highest BCUT2D eigenvalue weighted by Crippen LogP contribution is 2.45. The lowest BCUT2D eigenvalue weighted by Gasteiger charge is -2.33. The highest BCUT2D eigenvalue weighted by atomic mass is 19.1. The van der Waals surface area contributed by atoms with E-state index in [9.17, 15) is 4.79 Å². The van der Waals surface area contributed by atoms with Crippen molar-refractivity contribution in [1.82, 2.24) is 15.0 Å². The summed E-state index contributed by atoms with van der Waals surface area (Å²) < 4.78 is 33.7. The highest BCUT2D eigenvalue weighted by molar-refractivity contribution is 6.01. The number of nitrogens with zero attached hydrogens (tertiary/aromatic N) is 4. The summed E-state index contributed by atoms with van der Waals surface area (Å²) in [4.78, 5) is 28.0. The fourth-order valence-electron chi connectivity index (χ4n) is 6.73. The summed E-state index contributed by atoms with van der Waals surface area (Å²) in [6.45, 7) is 4.08. The number of methoxy groups -OCH3 is 1. The molecule has 0 N–H and O–H groups in total. The summed E-state index contributed by atoms with van der Waals surface area (Å²) >= 11 is 0. The van der Waals surface area contributed by atoms with E-state index in [-0.39, 0.29) is 30.6 Å². The molecule has 0 radical (unpaired) electrons. The molecular formula is C33H35FN4O4. The Kier molecular flexibility index (Phi) is 6.92. The van der Waals surface area contributed by atoms with Gasteiger partial charge in [-0.1, -0.05) is 25.1 Å². The monoisotopic (exact) mass is 570 g/mol. The second kappa shape index (κ2) is 10.8. The highest BCUT2D eigenvalue weighted by Gasteiger charge is 2.44. The van der Waals surface area contributed by atoms with Crippen LogP contribution in [0.1, 0.15) is 44.6 Å². The third-order valence-corrected chi connectivity index (χ3v) is 9.20. The van der Waals surface area contributed by atoms with Gasteiger partial charge in [-0.3, -0.25) is 4.98 Å². The van der Waals surface area contributed by atoms with Gasteiger partial charge in [0.05, 0.1) is 10.8 Å². The Morgan fingerprint density at radius 2 is 1.93 bits per heavy atom. The van der Waals surface area contributed by atoms with Crippen LogP contribution in [0.15, 0.2) is 36.5 Å². The minimum Gasteiger partial charge on any atom is -0.468 e. The lowest BCUT2D eigenvalue weighted by atomic mass is 9.95. The number of piperidine rings is 1. The number of anilines is 1. The predicted octanol–water partition coefficient (Wildman–Crippen LogP) is 6.12. The smallest absolute Gasteiger partial charge is 0.319 e. The van der Waals surface area contributed by atoms with Crippen molar-refractivity contribution in [1.29, 1.82) is 0 Å². The molecule has 9 heteroatoms. The number of carbonyl (C=O) groups is 1. The maximum absolute atomic E-state index is 16.8. The predicted molar refractivity (Wildman–Crippen MR) is 158 cm³/mol. The fraction of sp³-hybridized carbons (Fsp3) is 0.455. The molecule has 7 rings (SSSR count). The van der Waals surface area contributed by atoms with Crippen molar-refractivity contribution in [2.45, 2.75) is 45.4 Å². The van der Waals surface area contributed by atoms with E-state index in [2.05, 4.69) is 22.9 Å². The normalized spacial score (nSPS) is 20.7. The number of halogens is 1. The number of ether oxygens (including phenoxy) is 3. The van der Waals surface area contributed by atoms with Crippen LogP contribution in [0.4, 0.5) is 10.2 Å². The van der Waals surface area contributed by atoms with Crippen LogP contribution in [0.5, 0.6) is 11.8 Å². The van der Waals surface area contributed by atoms with Crippen LogP contribution < -0.4 is 14.4 Å². The molecule has 3 heterocycles. The summed E-state index contributed by atoms with van der Waals surface area (Å²) in [5, 5.41) is 2.42. The van der Waals surface area contributed by atoms with Crippen LogP contribution in [0, 0.1) is 23.1 Å². The van der Waals surface area contributed by atoms with Crippen molar-refractivity contribution < 1.29 is 23.4 Å². The Hall–Kier alpha value is -3.85. The van der Waals surface area contributed by atoms with Gasteiger partial charge in [-0.25, -0.2) is 4.39 Å². The first-order valence-electron chi connectivity index (χ1n) is 14.9. The first-order valence-corrected chi connectivity index (χ1v) is 14.9. The molecule has 1 saturated heterocycles. The van der Waals surface area contributed by atoms with Crippen molar-refractivity contribution in [2.24, 2.45) is 17.3 Å². The Labute approximate surface area is 244 Å². The second-order valence-corrected chi connectivity index (χ2v) is 12.1. The van der Waals surface area contributed by atoms with Gasteiger partial charge < -0.3 is 23.9 Å². The molecule has 218 valence electrons. The van der Waals surface area contributed by atoms with E-state index in [0.29, 0.717) is 34.4 Å². The van der Waals surface area contributed by atoms with Gasteiger partial charge in [0.1, 0.15) is 35.7 Å². The molecule has 0 spiro atoms. The van der Waals surface area contributed by atoms with Crippen LogP contribution in [-0.4, -0.2) is 54.8 Å². The van der Waals surface area contributed by atoms with E-state index >= 15 is 4.39 Å². The molecular weight excluding hydrogens is 535 g/mol. The number of hydrogen-bond acceptors (Lipinski definition) is 8. The lowest BCUT2D eigenvalue weighted by Crippen LogP contribution is -2.37. The van der Waals surface area contributed by atoms with Gasteiger partial charge in [0.2, 0.25) is 0 Å². The molecule has 2 bridgehead atoms. The first-order chi connectivity index (χ1) is 20.5. The van der Waals surface area contributed by atoms with E-state index in [4.69, 9.17) is 24.2 Å². The average molecular weight is 571 g/mol. The fourth-order valence-corrected chi connectivity index (χ4v) is 6.73. The molecule has 8 nitrogen and oxygen atoms in total. The number of carbonyl (C=O) groups excluding carboxylic acids is 1. The Bertz CT molecular complexity index is 1660. The SMILES string of the molecule is CCc1cccc2cc(OCOC)cc(-c3ncc4c(N5CC6CCC(C6)C5)nc(OCC5(C=O)CC5)nc4c3F)c12. The van der Waals surface area contributed by atoms with Crippen LogP contribution in [0.2, 0.25) is 0 Å². The van der Waals surface area contributed by atoms with Crippen molar-refractivity contribution in [2.75, 3.05) is 38.5 Å². The summed E-state index contributed by atoms with van der Waals surface area (Å²) in [5.41, 5.74) is 1.59. The van der Waals surface area contributed by atoms with E-state index < -0.39 is 11.2 Å². The molecule has 2 aromatic heterocycles. The average Bonchev–Trinajstić information content (AvgIpc) is 3.73. The molecule has 2 atom stereocenters. The van der Waals surface area contributed by atoms with E-state index in [0.717, 1.165) is 55.0 Å². The van der Waals surface area contributed by atoms with Crippen molar-refractivity contribution in [3.8, 4) is 23.0 Å². The number of hydrogen-bond donors (Lipinski definition) is 0. The van der Waals surface area contributed by atoms with Crippen LogP contribution in [0.25, 0.3) is 32.9 Å². The Balaban J connectivity index is 1.39. The van der Waals surface area contributed by atoms with Gasteiger partial charge in [0.25, 0.3) is 0 Å². The van der Waals surface area contributed by atoms with Gasteiger partial charge in [-0.05, 0) is 78.8 Å². The molecule has 3 aliphatic rings. The minimum absolute atomic E-state index is 0.0728. The van der Waals surface area contributed by atoms with Crippen LogP contribution >= 0.6 is 0 Å². The van der Waals surface area contributed by atoms with Gasteiger partial charge in [0.15, 0.2) is 12.6 Å². The second-order valence-electron chi connectivity index (χ2n) is 12.1. The van der Waals surface area contributed by atoms with Gasteiger partial charge in [-0.15, -0.1) is 0 Å². The Morgan fingerprint density at radius 1 is 1.12 bits per heavy atom. The van der Waals surface area contributed by atoms with E-state index in [1.807, 2.05) is 24.3 Å². The van der Waals surface area contributed by atoms with Gasteiger partial charge in [0, 0.05) is 32.0 Å². The minimum atomic E-state index is -0.534. The van der Waals surface area contributed by atoms with E-state index in [1.54, 1.807) is 13.3 Å². The number of fused-ring (bicyclic) bond motifs is 4. The van der Waals surface area contributed by atoms with Crippen LogP contribution in [0.3, 0.4) is 0 Å². The zero-order valence-electron chi connectivity index (χ0n) is 24.1. The maximum Gasteiger partial charge on any atom is 0.319 e. The maximum atomic E-state index is 16.8. The number of aromatic nitrogens is 3. The summed E-state index contributed by atoms with van der Waals surface area (Å²) in [6, 6.07) is 9.90. The molecule has 3 fully saturated rings. The third-order valence-electron chi connectivity index (χ3n) is 9.20. The molecule has 42 heavy (non-hydrogen) atoms. The molecule has 4 aromatic rings. The van der Waals surface area contributed by atoms with Crippen molar-refractivity contribution in [3.05, 3.63) is 47.9 Å². The standard InChI is InChI=1S/C33H35FN4O4/c1-3-22-5-4-6-23-12-24(42-19-40-2)13-25(27(22)23)29-28(34)30-26(14-35-29)31(38-15-20-7-8-21(11-20)16-38)37-32(36-30)41-18-33(17-39)9-10-33/h4-6,12-14,17,20-21H,3,7-11,15-16,18-19H2,1-2H3. The van der Waals surface area contributed by atoms with Crippen molar-refractivity contribution >= 4 is 33.8 Å². The number of pyridine rings is 1. The van der Waals surface area contributed by atoms with Gasteiger partial charge in [-0.2, -0.15) is 9.97 Å². The summed E-state index contributed by atoms with van der Waals surface area (Å²) in [6.07, 6.45) is 8.64. The third kappa shape index (κ3) is 4.83. The molecule has 2 saturated carbocycles. The molecule has 2 aromatic carbocycles. The number of rotatable bonds is 10. The summed E-state index contributed by atoms with van der Waals surface area (Å²) in [7, 11) is 1.56. The van der Waals surface area contributed by atoms with Gasteiger partial charge >= 0.3 is 6.01 Å². The number of benzene rings is 2. The first kappa shape index (κ1) is 27.0. The molecule has 2 aliphatic carbocycles.